The summed E-state index contributed by atoms with van der Waals surface area (Å²) >= 11 is 0. The van der Waals surface area contributed by atoms with Gasteiger partial charge in [0.2, 0.25) is 5.90 Å². The molecule has 1 aromatic carbocycles. The van der Waals surface area contributed by atoms with Crippen molar-refractivity contribution in [2.24, 2.45) is 4.99 Å². The summed E-state index contributed by atoms with van der Waals surface area (Å²) in [5, 5.41) is 0. The van der Waals surface area contributed by atoms with Gasteiger partial charge >= 0.3 is 0 Å². The van der Waals surface area contributed by atoms with Crippen LogP contribution in [0.15, 0.2) is 29.3 Å². The number of ether oxygens (including phenoxy) is 2. The predicted octanol–water partition coefficient (Wildman–Crippen LogP) is 3.00. The summed E-state index contributed by atoms with van der Waals surface area (Å²) in [4.78, 5) is 7.41. The van der Waals surface area contributed by atoms with Crippen molar-refractivity contribution in [2.75, 3.05) is 32.9 Å². The van der Waals surface area contributed by atoms with Crippen LogP contribution in [0.1, 0.15) is 43.2 Å². The summed E-state index contributed by atoms with van der Waals surface area (Å²) in [6.45, 7) is 5.54. The highest BCUT2D eigenvalue weighted by atomic mass is 16.5. The largest absolute Gasteiger partial charge is 0.475 e. The van der Waals surface area contributed by atoms with E-state index in [2.05, 4.69) is 29.2 Å². The molecule has 4 heteroatoms. The van der Waals surface area contributed by atoms with Gasteiger partial charge in [-0.25, -0.2) is 4.99 Å². The lowest BCUT2D eigenvalue weighted by molar-refractivity contribution is 0.0342. The number of morpholine rings is 1. The van der Waals surface area contributed by atoms with E-state index in [1.54, 1.807) is 0 Å². The number of nitrogens with zero attached hydrogens (tertiary/aromatic N) is 2. The van der Waals surface area contributed by atoms with Gasteiger partial charge in [-0.2, -0.15) is 0 Å². The third kappa shape index (κ3) is 3.43. The SMILES string of the molecule is c1cc(C2=NC3(CCCCC3)CO2)ccc1CN1CCOCC1. The van der Waals surface area contributed by atoms with Crippen molar-refractivity contribution in [1.82, 2.24) is 4.90 Å². The van der Waals surface area contributed by atoms with Crippen LogP contribution in [0, 0.1) is 0 Å². The minimum atomic E-state index is 0.0834. The minimum absolute atomic E-state index is 0.0834. The molecule has 1 saturated carbocycles. The Morgan fingerprint density at radius 3 is 2.48 bits per heavy atom. The third-order valence-corrected chi connectivity index (χ3v) is 5.31. The molecule has 2 aliphatic heterocycles. The molecule has 2 fully saturated rings. The van der Waals surface area contributed by atoms with Crippen molar-refractivity contribution < 1.29 is 9.47 Å². The quantitative estimate of drug-likeness (QED) is 0.860. The van der Waals surface area contributed by atoms with Gasteiger partial charge in [0.25, 0.3) is 0 Å². The predicted molar refractivity (Wildman–Crippen MR) is 90.8 cm³/mol. The van der Waals surface area contributed by atoms with E-state index in [9.17, 15) is 0 Å². The maximum Gasteiger partial charge on any atom is 0.216 e. The Morgan fingerprint density at radius 2 is 1.74 bits per heavy atom. The van der Waals surface area contributed by atoms with Crippen LogP contribution in [-0.4, -0.2) is 49.2 Å². The van der Waals surface area contributed by atoms with E-state index in [0.717, 1.165) is 50.9 Å². The second-order valence-corrected chi connectivity index (χ2v) is 7.08. The van der Waals surface area contributed by atoms with E-state index in [1.165, 1.54) is 37.7 Å². The van der Waals surface area contributed by atoms with Crippen LogP contribution < -0.4 is 0 Å². The number of rotatable bonds is 3. The van der Waals surface area contributed by atoms with Gasteiger partial charge in [0.15, 0.2) is 0 Å². The average molecular weight is 314 g/mol. The van der Waals surface area contributed by atoms with Crippen LogP contribution in [0.4, 0.5) is 0 Å². The molecule has 2 heterocycles. The van der Waals surface area contributed by atoms with Gasteiger partial charge in [-0.05, 0) is 30.5 Å². The molecule has 0 unspecified atom stereocenters. The lowest BCUT2D eigenvalue weighted by Crippen LogP contribution is -2.35. The second kappa shape index (κ2) is 6.62. The molecule has 0 N–H and O–H groups in total. The van der Waals surface area contributed by atoms with Crippen molar-refractivity contribution >= 4 is 5.90 Å². The summed E-state index contributed by atoms with van der Waals surface area (Å²) in [5.74, 6) is 0.852. The molecule has 1 spiro atoms. The lowest BCUT2D eigenvalue weighted by Gasteiger charge is -2.27. The van der Waals surface area contributed by atoms with Crippen LogP contribution >= 0.6 is 0 Å². The van der Waals surface area contributed by atoms with E-state index < -0.39 is 0 Å². The summed E-state index contributed by atoms with van der Waals surface area (Å²) in [7, 11) is 0. The summed E-state index contributed by atoms with van der Waals surface area (Å²) < 4.78 is 11.4. The first-order valence-corrected chi connectivity index (χ1v) is 8.95. The molecule has 0 radical (unpaired) electrons. The Hall–Kier alpha value is -1.39. The van der Waals surface area contributed by atoms with Gasteiger partial charge in [-0.1, -0.05) is 31.4 Å². The molecule has 3 aliphatic rings. The van der Waals surface area contributed by atoms with Gasteiger partial charge in [0.1, 0.15) is 6.61 Å². The third-order valence-electron chi connectivity index (χ3n) is 5.31. The van der Waals surface area contributed by atoms with Crippen LogP contribution in [-0.2, 0) is 16.0 Å². The van der Waals surface area contributed by atoms with Crippen LogP contribution in [0.5, 0.6) is 0 Å². The van der Waals surface area contributed by atoms with E-state index in [0.29, 0.717) is 0 Å². The molecule has 23 heavy (non-hydrogen) atoms. The highest BCUT2D eigenvalue weighted by Gasteiger charge is 2.37. The van der Waals surface area contributed by atoms with E-state index in [-0.39, 0.29) is 5.54 Å². The molecule has 1 aromatic rings. The standard InChI is InChI=1S/C19H26N2O2/c1-2-8-19(9-3-1)15-23-18(20-19)17-6-4-16(5-7-17)14-21-10-12-22-13-11-21/h4-7H,1-3,8-15H2. The number of aliphatic imine (C=N–C) groups is 1. The van der Waals surface area contributed by atoms with E-state index >= 15 is 0 Å². The molecule has 0 amide bonds. The molecule has 4 nitrogen and oxygen atoms in total. The maximum absolute atomic E-state index is 5.95. The average Bonchev–Trinajstić information content (AvgIpc) is 3.01. The molecular weight excluding hydrogens is 288 g/mol. The zero-order valence-corrected chi connectivity index (χ0v) is 13.8. The van der Waals surface area contributed by atoms with Gasteiger partial charge in [0.05, 0.1) is 18.8 Å². The summed E-state index contributed by atoms with van der Waals surface area (Å²) in [6.07, 6.45) is 6.30. The Labute approximate surface area is 138 Å². The van der Waals surface area contributed by atoms with Crippen molar-refractivity contribution in [3.8, 4) is 0 Å². The molecular formula is C19H26N2O2. The molecule has 0 atom stereocenters. The molecule has 1 saturated heterocycles. The number of hydrogen-bond donors (Lipinski definition) is 0. The Kier molecular flexibility index (Phi) is 4.36. The van der Waals surface area contributed by atoms with Crippen molar-refractivity contribution in [3.05, 3.63) is 35.4 Å². The molecule has 4 rings (SSSR count). The van der Waals surface area contributed by atoms with Gasteiger partial charge < -0.3 is 9.47 Å². The van der Waals surface area contributed by atoms with Crippen molar-refractivity contribution in [1.29, 1.82) is 0 Å². The van der Waals surface area contributed by atoms with Gasteiger partial charge in [-0.3, -0.25) is 4.90 Å². The smallest absolute Gasteiger partial charge is 0.216 e. The molecule has 0 aromatic heterocycles. The fourth-order valence-electron chi connectivity index (χ4n) is 3.87. The zero-order chi connectivity index (χ0) is 15.5. The first-order valence-electron chi connectivity index (χ1n) is 8.95. The second-order valence-electron chi connectivity index (χ2n) is 7.08. The lowest BCUT2D eigenvalue weighted by atomic mass is 9.83. The monoisotopic (exact) mass is 314 g/mol. The first-order chi connectivity index (χ1) is 11.3. The number of hydrogen-bond acceptors (Lipinski definition) is 4. The minimum Gasteiger partial charge on any atom is -0.475 e. The summed E-state index contributed by atoms with van der Waals surface area (Å²) in [5.41, 5.74) is 2.56. The van der Waals surface area contributed by atoms with E-state index in [1.807, 2.05) is 0 Å². The summed E-state index contributed by atoms with van der Waals surface area (Å²) in [6, 6.07) is 8.75. The fraction of sp³-hybridized carbons (Fsp3) is 0.632. The normalized spacial score (nSPS) is 24.4. The molecule has 0 bridgehead atoms. The molecule has 1 aliphatic carbocycles. The molecule has 124 valence electrons. The maximum atomic E-state index is 5.95. The Bertz CT molecular complexity index is 555. The number of benzene rings is 1. The highest BCUT2D eigenvalue weighted by molar-refractivity contribution is 5.95. The van der Waals surface area contributed by atoms with Gasteiger partial charge in [0, 0.05) is 25.2 Å². The van der Waals surface area contributed by atoms with Crippen LogP contribution in [0.25, 0.3) is 0 Å². The van der Waals surface area contributed by atoms with Crippen LogP contribution in [0.3, 0.4) is 0 Å². The zero-order valence-electron chi connectivity index (χ0n) is 13.8. The van der Waals surface area contributed by atoms with E-state index in [4.69, 9.17) is 14.5 Å². The Balaban J connectivity index is 1.42. The fourth-order valence-corrected chi connectivity index (χ4v) is 3.87. The first kappa shape index (κ1) is 15.2. The van der Waals surface area contributed by atoms with Gasteiger partial charge in [-0.15, -0.1) is 0 Å². The van der Waals surface area contributed by atoms with Crippen molar-refractivity contribution in [3.63, 3.8) is 0 Å². The Morgan fingerprint density at radius 1 is 1.00 bits per heavy atom. The van der Waals surface area contributed by atoms with Crippen molar-refractivity contribution in [2.45, 2.75) is 44.2 Å². The highest BCUT2D eigenvalue weighted by Crippen LogP contribution is 2.36. The topological polar surface area (TPSA) is 34.1 Å². The van der Waals surface area contributed by atoms with Crippen LogP contribution in [0.2, 0.25) is 0 Å².